The van der Waals surface area contributed by atoms with Crippen molar-refractivity contribution in [2.75, 3.05) is 13.7 Å². The molecule has 0 saturated carbocycles. The Labute approximate surface area is 110 Å². The normalized spacial score (nSPS) is 11.7. The quantitative estimate of drug-likeness (QED) is 0.850. The van der Waals surface area contributed by atoms with E-state index in [0.717, 1.165) is 4.90 Å². The number of carboxylic acids is 1. The van der Waals surface area contributed by atoms with Gasteiger partial charge in [0.15, 0.2) is 0 Å². The second-order valence-electron chi connectivity index (χ2n) is 4.07. The van der Waals surface area contributed by atoms with Crippen molar-refractivity contribution >= 4 is 11.9 Å². The van der Waals surface area contributed by atoms with Crippen LogP contribution in [0.1, 0.15) is 13.3 Å². The van der Waals surface area contributed by atoms with E-state index < -0.39 is 17.8 Å². The molecule has 0 spiro atoms. The lowest BCUT2D eigenvalue weighted by atomic mass is 10.2. The molecule has 1 rings (SSSR count). The highest BCUT2D eigenvalue weighted by atomic mass is 19.1. The molecule has 1 unspecified atom stereocenters. The molecule has 104 valence electrons. The summed E-state index contributed by atoms with van der Waals surface area (Å²) in [7, 11) is 1.42. The maximum atomic E-state index is 12.9. The van der Waals surface area contributed by atoms with Crippen LogP contribution >= 0.6 is 0 Å². The van der Waals surface area contributed by atoms with E-state index >= 15 is 0 Å². The lowest BCUT2D eigenvalue weighted by molar-refractivity contribution is -0.148. The molecule has 6 heteroatoms. The fraction of sp³-hybridized carbons (Fsp3) is 0.385. The number of carbonyl (C=O) groups excluding carboxylic acids is 1. The van der Waals surface area contributed by atoms with Gasteiger partial charge in [0.05, 0.1) is 13.0 Å². The summed E-state index contributed by atoms with van der Waals surface area (Å²) >= 11 is 0. The Morgan fingerprint density at radius 1 is 1.47 bits per heavy atom. The van der Waals surface area contributed by atoms with Crippen molar-refractivity contribution in [3.05, 3.63) is 30.1 Å². The molecule has 0 bridgehead atoms. The summed E-state index contributed by atoms with van der Waals surface area (Å²) < 4.78 is 18.1. The third kappa shape index (κ3) is 4.57. The number of ether oxygens (including phenoxy) is 1. The van der Waals surface area contributed by atoms with Crippen LogP contribution in [0.25, 0.3) is 0 Å². The highest BCUT2D eigenvalue weighted by molar-refractivity contribution is 5.83. The van der Waals surface area contributed by atoms with Crippen LogP contribution in [0.5, 0.6) is 5.75 Å². The Kier molecular flexibility index (Phi) is 5.29. The van der Waals surface area contributed by atoms with Crippen LogP contribution in [-0.4, -0.2) is 41.6 Å². The number of aliphatic carboxylic acids is 1. The van der Waals surface area contributed by atoms with Gasteiger partial charge in [0.1, 0.15) is 17.6 Å². The molecule has 0 aliphatic rings. The van der Waals surface area contributed by atoms with E-state index in [9.17, 15) is 14.0 Å². The summed E-state index contributed by atoms with van der Waals surface area (Å²) in [5.74, 6) is -1.49. The molecule has 0 fully saturated rings. The second kappa shape index (κ2) is 6.72. The van der Waals surface area contributed by atoms with Crippen LogP contribution < -0.4 is 4.74 Å². The lowest BCUT2D eigenvalue weighted by Gasteiger charge is -2.21. The first-order valence-corrected chi connectivity index (χ1v) is 5.78. The Hall–Kier alpha value is -2.11. The number of amides is 1. The third-order valence-electron chi connectivity index (χ3n) is 2.71. The molecule has 0 radical (unpaired) electrons. The molecule has 1 aromatic carbocycles. The van der Waals surface area contributed by atoms with Gasteiger partial charge in [-0.1, -0.05) is 6.07 Å². The highest BCUT2D eigenvalue weighted by Crippen LogP contribution is 2.12. The Morgan fingerprint density at radius 2 is 2.16 bits per heavy atom. The predicted molar refractivity (Wildman–Crippen MR) is 66.4 cm³/mol. The summed E-state index contributed by atoms with van der Waals surface area (Å²) in [5, 5.41) is 8.77. The fourth-order valence-corrected chi connectivity index (χ4v) is 1.37. The topological polar surface area (TPSA) is 66.8 Å². The minimum atomic E-state index is -1.07. The molecule has 5 nitrogen and oxygen atoms in total. The average molecular weight is 269 g/mol. The van der Waals surface area contributed by atoms with Crippen molar-refractivity contribution in [1.29, 1.82) is 0 Å². The zero-order valence-electron chi connectivity index (χ0n) is 10.8. The van der Waals surface area contributed by atoms with Gasteiger partial charge in [-0.3, -0.25) is 4.79 Å². The minimum Gasteiger partial charge on any atom is -0.493 e. The van der Waals surface area contributed by atoms with Crippen LogP contribution in [0.2, 0.25) is 0 Å². The molecular formula is C13H16FNO4. The van der Waals surface area contributed by atoms with Gasteiger partial charge in [0.2, 0.25) is 5.91 Å². The molecule has 19 heavy (non-hydrogen) atoms. The molecule has 0 aliphatic carbocycles. The lowest BCUT2D eigenvalue weighted by Crippen LogP contribution is -2.40. The first-order chi connectivity index (χ1) is 8.91. The monoisotopic (exact) mass is 269 g/mol. The summed E-state index contributed by atoms with van der Waals surface area (Å²) in [4.78, 5) is 23.5. The molecule has 1 N–H and O–H groups in total. The van der Waals surface area contributed by atoms with Gasteiger partial charge >= 0.3 is 5.97 Å². The Balaban J connectivity index is 2.41. The van der Waals surface area contributed by atoms with Crippen LogP contribution in [0.15, 0.2) is 24.3 Å². The van der Waals surface area contributed by atoms with Crippen molar-refractivity contribution < 1.29 is 23.8 Å². The highest BCUT2D eigenvalue weighted by Gasteiger charge is 2.21. The van der Waals surface area contributed by atoms with E-state index in [2.05, 4.69) is 0 Å². The van der Waals surface area contributed by atoms with Gasteiger partial charge in [-0.05, 0) is 19.1 Å². The SMILES string of the molecule is CC(C(=O)O)N(C)C(=O)CCOc1cccc(F)c1. The molecule has 0 aliphatic heterocycles. The summed E-state index contributed by atoms with van der Waals surface area (Å²) in [6.45, 7) is 1.49. The van der Waals surface area contributed by atoms with Crippen LogP contribution in [0.3, 0.4) is 0 Å². The van der Waals surface area contributed by atoms with Crippen molar-refractivity contribution in [2.24, 2.45) is 0 Å². The molecule has 0 aromatic heterocycles. The molecular weight excluding hydrogens is 253 g/mol. The number of carboxylic acid groups (broad SMARTS) is 1. The van der Waals surface area contributed by atoms with Crippen molar-refractivity contribution in [1.82, 2.24) is 4.90 Å². The maximum Gasteiger partial charge on any atom is 0.326 e. The van der Waals surface area contributed by atoms with Gasteiger partial charge in [0.25, 0.3) is 0 Å². The summed E-state index contributed by atoms with van der Waals surface area (Å²) in [5.41, 5.74) is 0. The van der Waals surface area contributed by atoms with E-state index in [0.29, 0.717) is 5.75 Å². The number of rotatable bonds is 6. The zero-order valence-corrected chi connectivity index (χ0v) is 10.8. The van der Waals surface area contributed by atoms with Gasteiger partial charge in [0, 0.05) is 13.1 Å². The van der Waals surface area contributed by atoms with Crippen molar-refractivity contribution in [3.8, 4) is 5.75 Å². The first-order valence-electron chi connectivity index (χ1n) is 5.78. The van der Waals surface area contributed by atoms with E-state index in [-0.39, 0.29) is 18.9 Å². The maximum absolute atomic E-state index is 12.9. The zero-order chi connectivity index (χ0) is 14.4. The third-order valence-corrected chi connectivity index (χ3v) is 2.71. The largest absolute Gasteiger partial charge is 0.493 e. The van der Waals surface area contributed by atoms with E-state index in [1.165, 1.54) is 32.2 Å². The van der Waals surface area contributed by atoms with E-state index in [1.807, 2.05) is 0 Å². The molecule has 0 heterocycles. The van der Waals surface area contributed by atoms with Gasteiger partial charge in [-0.25, -0.2) is 9.18 Å². The fourth-order valence-electron chi connectivity index (χ4n) is 1.37. The number of nitrogens with zero attached hydrogens (tertiary/aromatic N) is 1. The van der Waals surface area contributed by atoms with Gasteiger partial charge < -0.3 is 14.7 Å². The number of hydrogen-bond donors (Lipinski definition) is 1. The van der Waals surface area contributed by atoms with Crippen molar-refractivity contribution in [3.63, 3.8) is 0 Å². The molecule has 0 saturated heterocycles. The first kappa shape index (κ1) is 14.9. The molecule has 1 amide bonds. The van der Waals surface area contributed by atoms with E-state index in [4.69, 9.17) is 9.84 Å². The second-order valence-corrected chi connectivity index (χ2v) is 4.07. The average Bonchev–Trinajstić information content (AvgIpc) is 2.36. The minimum absolute atomic E-state index is 0.0324. The number of halogens is 1. The molecule has 1 aromatic rings. The number of carbonyl (C=O) groups is 2. The molecule has 1 atom stereocenters. The van der Waals surface area contributed by atoms with Gasteiger partial charge in [-0.2, -0.15) is 0 Å². The summed E-state index contributed by atoms with van der Waals surface area (Å²) in [6, 6.07) is 4.71. The van der Waals surface area contributed by atoms with Crippen LogP contribution in [0, 0.1) is 5.82 Å². The Morgan fingerprint density at radius 3 is 2.74 bits per heavy atom. The Bertz CT molecular complexity index is 464. The smallest absolute Gasteiger partial charge is 0.326 e. The summed E-state index contributed by atoms with van der Waals surface area (Å²) in [6.07, 6.45) is 0.0324. The van der Waals surface area contributed by atoms with Crippen molar-refractivity contribution in [2.45, 2.75) is 19.4 Å². The van der Waals surface area contributed by atoms with Crippen LogP contribution in [-0.2, 0) is 9.59 Å². The van der Waals surface area contributed by atoms with E-state index in [1.54, 1.807) is 6.07 Å². The van der Waals surface area contributed by atoms with Gasteiger partial charge in [-0.15, -0.1) is 0 Å². The number of hydrogen-bond acceptors (Lipinski definition) is 3. The standard InChI is InChI=1S/C13H16FNO4/c1-9(13(17)18)15(2)12(16)6-7-19-11-5-3-4-10(14)8-11/h3-5,8-9H,6-7H2,1-2H3,(H,17,18). The number of likely N-dealkylation sites (N-methyl/N-ethyl adjacent to an activating group) is 1. The predicted octanol–water partition coefficient (Wildman–Crippen LogP) is 1.53. The van der Waals surface area contributed by atoms with Crippen LogP contribution in [0.4, 0.5) is 4.39 Å². The number of benzene rings is 1.